The molecule has 8 heteroatoms. The van der Waals surface area contributed by atoms with Crippen molar-refractivity contribution >= 4 is 21.4 Å². The molecule has 1 aromatic rings. The van der Waals surface area contributed by atoms with Crippen LogP contribution in [0.4, 0.5) is 11.4 Å². The van der Waals surface area contributed by atoms with Gasteiger partial charge in [0.05, 0.1) is 10.6 Å². The molecule has 7 nitrogen and oxygen atoms in total. The molecule has 1 aliphatic carbocycles. The molecule has 2 fully saturated rings. The van der Waals surface area contributed by atoms with E-state index in [2.05, 4.69) is 0 Å². The second-order valence-corrected chi connectivity index (χ2v) is 7.51. The van der Waals surface area contributed by atoms with Gasteiger partial charge in [-0.05, 0) is 30.7 Å². The lowest BCUT2D eigenvalue weighted by atomic mass is 9.68. The van der Waals surface area contributed by atoms with E-state index in [-0.39, 0.29) is 16.0 Å². The quantitative estimate of drug-likeness (QED) is 0.674. The van der Waals surface area contributed by atoms with Crippen LogP contribution < -0.4 is 10.0 Å². The van der Waals surface area contributed by atoms with Crippen LogP contribution >= 0.6 is 0 Å². The zero-order valence-corrected chi connectivity index (χ0v) is 12.3. The predicted octanol–water partition coefficient (Wildman–Crippen LogP) is 1.62. The number of non-ortho nitro benzene ring substituents is 1. The smallest absolute Gasteiger partial charge is 0.271 e. The second kappa shape index (κ2) is 4.67. The SMILES string of the molecule is NS(=O)(=O)c1ccc([N+](=O)[O-])cc1N1CCC2(CCC2)C1. The summed E-state index contributed by atoms with van der Waals surface area (Å²) < 4.78 is 23.4. The number of nitro groups is 1. The Kier molecular flexibility index (Phi) is 3.18. The molecule has 114 valence electrons. The van der Waals surface area contributed by atoms with Crippen LogP contribution in [-0.4, -0.2) is 26.4 Å². The molecule has 0 aromatic heterocycles. The number of sulfonamides is 1. The van der Waals surface area contributed by atoms with Crippen molar-refractivity contribution in [3.05, 3.63) is 28.3 Å². The van der Waals surface area contributed by atoms with Crippen molar-refractivity contribution in [1.82, 2.24) is 0 Å². The van der Waals surface area contributed by atoms with Gasteiger partial charge >= 0.3 is 0 Å². The summed E-state index contributed by atoms with van der Waals surface area (Å²) in [6, 6.07) is 3.73. The Morgan fingerprint density at radius 1 is 1.29 bits per heavy atom. The third-order valence-electron chi connectivity index (χ3n) is 4.65. The molecule has 0 amide bonds. The summed E-state index contributed by atoms with van der Waals surface area (Å²) in [6.45, 7) is 1.46. The normalized spacial score (nSPS) is 20.5. The van der Waals surface area contributed by atoms with E-state index in [0.29, 0.717) is 12.2 Å². The lowest BCUT2D eigenvalue weighted by molar-refractivity contribution is -0.384. The van der Waals surface area contributed by atoms with Crippen LogP contribution in [-0.2, 0) is 10.0 Å². The van der Waals surface area contributed by atoms with E-state index in [1.807, 2.05) is 4.90 Å². The maximum absolute atomic E-state index is 11.7. The largest absolute Gasteiger partial charge is 0.370 e. The van der Waals surface area contributed by atoms with Gasteiger partial charge in [-0.2, -0.15) is 0 Å². The summed E-state index contributed by atoms with van der Waals surface area (Å²) in [4.78, 5) is 12.3. The number of hydrogen-bond donors (Lipinski definition) is 1. The average Bonchev–Trinajstić information content (AvgIpc) is 2.82. The lowest BCUT2D eigenvalue weighted by Gasteiger charge is -2.38. The first-order valence-electron chi connectivity index (χ1n) is 6.87. The van der Waals surface area contributed by atoms with Crippen LogP contribution in [0.15, 0.2) is 23.1 Å². The second-order valence-electron chi connectivity index (χ2n) is 5.98. The third-order valence-corrected chi connectivity index (χ3v) is 5.61. The highest BCUT2D eigenvalue weighted by Gasteiger charge is 2.43. The number of nitro benzene ring substituents is 1. The number of primary sulfonamides is 1. The van der Waals surface area contributed by atoms with Crippen molar-refractivity contribution in [2.24, 2.45) is 10.6 Å². The highest BCUT2D eigenvalue weighted by Crippen LogP contribution is 2.49. The standard InChI is InChI=1S/C13H17N3O4S/c14-21(19,20)12-3-2-10(16(17)18)8-11(12)15-7-6-13(9-15)4-1-5-13/h2-3,8H,1,4-7,9H2,(H2,14,19,20). The minimum Gasteiger partial charge on any atom is -0.370 e. The molecule has 0 atom stereocenters. The molecule has 0 radical (unpaired) electrons. The summed E-state index contributed by atoms with van der Waals surface area (Å²) in [5, 5.41) is 16.2. The Hall–Kier alpha value is -1.67. The molecule has 1 aliphatic heterocycles. The van der Waals surface area contributed by atoms with Crippen LogP contribution in [0.25, 0.3) is 0 Å². The molecule has 1 spiro atoms. The lowest BCUT2D eigenvalue weighted by Crippen LogP contribution is -2.33. The third kappa shape index (κ3) is 2.49. The summed E-state index contributed by atoms with van der Waals surface area (Å²) in [5.74, 6) is 0. The fraction of sp³-hybridized carbons (Fsp3) is 0.538. The Balaban J connectivity index is 2.02. The molecule has 2 aliphatic rings. The minimum absolute atomic E-state index is 0.0375. The van der Waals surface area contributed by atoms with Crippen LogP contribution in [0.3, 0.4) is 0 Å². The van der Waals surface area contributed by atoms with Crippen LogP contribution in [0.5, 0.6) is 0 Å². The van der Waals surface area contributed by atoms with Gasteiger partial charge in [-0.15, -0.1) is 0 Å². The maximum atomic E-state index is 11.7. The molecule has 1 saturated heterocycles. The molecular weight excluding hydrogens is 294 g/mol. The molecule has 3 rings (SSSR count). The molecule has 1 saturated carbocycles. The average molecular weight is 311 g/mol. The summed E-state index contributed by atoms with van der Waals surface area (Å²) in [7, 11) is -3.90. The summed E-state index contributed by atoms with van der Waals surface area (Å²) in [5.41, 5.74) is 0.503. The first-order chi connectivity index (χ1) is 9.81. The topological polar surface area (TPSA) is 107 Å². The van der Waals surface area contributed by atoms with Crippen LogP contribution in [0, 0.1) is 15.5 Å². The number of nitrogens with two attached hydrogens (primary N) is 1. The number of benzene rings is 1. The van der Waals surface area contributed by atoms with E-state index in [4.69, 9.17) is 5.14 Å². The van der Waals surface area contributed by atoms with Crippen LogP contribution in [0.2, 0.25) is 0 Å². The van der Waals surface area contributed by atoms with Gasteiger partial charge in [-0.3, -0.25) is 10.1 Å². The van der Waals surface area contributed by atoms with Gasteiger partial charge < -0.3 is 4.90 Å². The number of hydrogen-bond acceptors (Lipinski definition) is 5. The van der Waals surface area contributed by atoms with Gasteiger partial charge in [0.1, 0.15) is 4.90 Å². The highest BCUT2D eigenvalue weighted by atomic mass is 32.2. The Labute approximate surface area is 122 Å². The Morgan fingerprint density at radius 2 is 2.00 bits per heavy atom. The molecule has 0 unspecified atom stereocenters. The van der Waals surface area contributed by atoms with Gasteiger partial charge in [0.15, 0.2) is 0 Å². The van der Waals surface area contributed by atoms with E-state index in [1.165, 1.54) is 24.6 Å². The van der Waals surface area contributed by atoms with Gasteiger partial charge in [0, 0.05) is 25.2 Å². The maximum Gasteiger partial charge on any atom is 0.271 e. The van der Waals surface area contributed by atoms with Crippen LogP contribution in [0.1, 0.15) is 25.7 Å². The number of nitrogens with zero attached hydrogens (tertiary/aromatic N) is 2. The number of anilines is 1. The zero-order chi connectivity index (χ0) is 15.3. The van der Waals surface area contributed by atoms with Crippen molar-refractivity contribution < 1.29 is 13.3 Å². The Morgan fingerprint density at radius 3 is 2.48 bits per heavy atom. The van der Waals surface area contributed by atoms with Crippen molar-refractivity contribution in [2.45, 2.75) is 30.6 Å². The fourth-order valence-electron chi connectivity index (χ4n) is 3.33. The van der Waals surface area contributed by atoms with E-state index in [9.17, 15) is 18.5 Å². The first kappa shape index (κ1) is 14.3. The van der Waals surface area contributed by atoms with Gasteiger partial charge in [0.2, 0.25) is 10.0 Å². The molecule has 21 heavy (non-hydrogen) atoms. The zero-order valence-electron chi connectivity index (χ0n) is 11.5. The monoisotopic (exact) mass is 311 g/mol. The van der Waals surface area contributed by atoms with Gasteiger partial charge in [-0.1, -0.05) is 6.42 Å². The van der Waals surface area contributed by atoms with E-state index in [1.54, 1.807) is 0 Å². The molecule has 2 N–H and O–H groups in total. The minimum atomic E-state index is -3.90. The molecular formula is C13H17N3O4S. The van der Waals surface area contributed by atoms with Gasteiger partial charge in [0.25, 0.3) is 5.69 Å². The number of rotatable bonds is 3. The van der Waals surface area contributed by atoms with Gasteiger partial charge in [-0.25, -0.2) is 13.6 Å². The van der Waals surface area contributed by atoms with Crippen molar-refractivity contribution in [3.63, 3.8) is 0 Å². The van der Waals surface area contributed by atoms with E-state index >= 15 is 0 Å². The van der Waals surface area contributed by atoms with E-state index < -0.39 is 14.9 Å². The Bertz CT molecular complexity index is 697. The molecule has 0 bridgehead atoms. The summed E-state index contributed by atoms with van der Waals surface area (Å²) in [6.07, 6.45) is 4.48. The van der Waals surface area contributed by atoms with E-state index in [0.717, 1.165) is 25.8 Å². The highest BCUT2D eigenvalue weighted by molar-refractivity contribution is 7.89. The van der Waals surface area contributed by atoms with Crippen molar-refractivity contribution in [3.8, 4) is 0 Å². The van der Waals surface area contributed by atoms with Crippen molar-refractivity contribution in [1.29, 1.82) is 0 Å². The molecule has 1 aromatic carbocycles. The first-order valence-corrected chi connectivity index (χ1v) is 8.42. The van der Waals surface area contributed by atoms with Crippen molar-refractivity contribution in [2.75, 3.05) is 18.0 Å². The fourth-order valence-corrected chi connectivity index (χ4v) is 4.07. The summed E-state index contributed by atoms with van der Waals surface area (Å²) >= 11 is 0. The predicted molar refractivity (Wildman–Crippen MR) is 77.6 cm³/mol. The molecule has 1 heterocycles.